The van der Waals surface area contributed by atoms with Crippen LogP contribution in [0.15, 0.2) is 18.2 Å². The van der Waals surface area contributed by atoms with Crippen molar-refractivity contribution in [1.82, 2.24) is 10.2 Å². The molecular weight excluding hydrogens is 267 g/mol. The van der Waals surface area contributed by atoms with Crippen LogP contribution in [0.3, 0.4) is 0 Å². The predicted octanol–water partition coefficient (Wildman–Crippen LogP) is 2.38. The number of carbonyl (C=O) groups is 1. The number of rotatable bonds is 1. The van der Waals surface area contributed by atoms with Gasteiger partial charge in [0.05, 0.1) is 0 Å². The lowest BCUT2D eigenvalue weighted by atomic mass is 10.1. The fraction of sp³-hybridized carbons (Fsp3) is 0.500. The Bertz CT molecular complexity index is 467. The summed E-state index contributed by atoms with van der Waals surface area (Å²) in [7, 11) is 0. The number of hydrogen-bond acceptors (Lipinski definition) is 2. The van der Waals surface area contributed by atoms with Crippen LogP contribution in [0.5, 0.6) is 0 Å². The number of carbonyl (C=O) groups excluding carboxylic acids is 1. The highest BCUT2D eigenvalue weighted by Gasteiger charge is 2.27. The second-order valence-electron chi connectivity index (χ2n) is 5.08. The molecule has 0 radical (unpaired) electrons. The second kappa shape index (κ2) is 6.35. The molecule has 1 saturated heterocycles. The van der Waals surface area contributed by atoms with Crippen LogP contribution >= 0.6 is 12.4 Å². The van der Waals surface area contributed by atoms with Gasteiger partial charge in [0.25, 0.3) is 5.91 Å². The monoisotopic (exact) mass is 286 g/mol. The van der Waals surface area contributed by atoms with Crippen LogP contribution in [-0.4, -0.2) is 36.0 Å². The van der Waals surface area contributed by atoms with Gasteiger partial charge in [-0.2, -0.15) is 0 Å². The van der Waals surface area contributed by atoms with E-state index in [-0.39, 0.29) is 30.2 Å². The highest BCUT2D eigenvalue weighted by molar-refractivity contribution is 5.94. The van der Waals surface area contributed by atoms with Crippen molar-refractivity contribution in [2.75, 3.05) is 13.1 Å². The Kier molecular flexibility index (Phi) is 5.32. The van der Waals surface area contributed by atoms with Crippen molar-refractivity contribution in [3.8, 4) is 0 Å². The first-order chi connectivity index (χ1) is 8.49. The predicted molar refractivity (Wildman–Crippen MR) is 76.3 cm³/mol. The lowest BCUT2D eigenvalue weighted by molar-refractivity contribution is 0.0616. The fourth-order valence-corrected chi connectivity index (χ4v) is 2.25. The molecule has 1 amide bonds. The molecular formula is C14H20ClFN2O. The summed E-state index contributed by atoms with van der Waals surface area (Å²) < 4.78 is 13.2. The first-order valence-corrected chi connectivity index (χ1v) is 6.29. The molecule has 1 heterocycles. The Morgan fingerprint density at radius 3 is 2.74 bits per heavy atom. The number of nitrogens with one attached hydrogen (secondary N) is 1. The van der Waals surface area contributed by atoms with Crippen molar-refractivity contribution >= 4 is 18.3 Å². The van der Waals surface area contributed by atoms with Gasteiger partial charge < -0.3 is 10.2 Å². The molecule has 1 aromatic carbocycles. The van der Waals surface area contributed by atoms with Crippen molar-refractivity contribution in [3.63, 3.8) is 0 Å². The third-order valence-electron chi connectivity index (χ3n) is 3.43. The van der Waals surface area contributed by atoms with E-state index in [9.17, 15) is 9.18 Å². The van der Waals surface area contributed by atoms with Crippen LogP contribution in [0.25, 0.3) is 0 Å². The van der Waals surface area contributed by atoms with Gasteiger partial charge in [0.2, 0.25) is 0 Å². The molecule has 2 atom stereocenters. The summed E-state index contributed by atoms with van der Waals surface area (Å²) in [5, 5.41) is 3.33. The quantitative estimate of drug-likeness (QED) is 0.860. The molecule has 0 bridgehead atoms. The van der Waals surface area contributed by atoms with Crippen LogP contribution < -0.4 is 5.32 Å². The van der Waals surface area contributed by atoms with Crippen molar-refractivity contribution in [3.05, 3.63) is 35.1 Å². The number of hydrogen-bond donors (Lipinski definition) is 1. The van der Waals surface area contributed by atoms with Crippen LogP contribution in [0.2, 0.25) is 0 Å². The average molecular weight is 287 g/mol. The highest BCUT2D eigenvalue weighted by atomic mass is 35.5. The number of amides is 1. The third-order valence-corrected chi connectivity index (χ3v) is 3.43. The topological polar surface area (TPSA) is 32.3 Å². The number of halogens is 2. The molecule has 1 aliphatic heterocycles. The third kappa shape index (κ3) is 3.45. The van der Waals surface area contributed by atoms with Gasteiger partial charge >= 0.3 is 0 Å². The van der Waals surface area contributed by atoms with Crippen LogP contribution in [0.4, 0.5) is 4.39 Å². The standard InChI is InChI=1S/C14H19FN2O.ClH/c1-9-6-12(4-5-13(9)15)14(18)17-8-10(2)16-7-11(17)3;/h4-6,10-11,16H,7-8H2,1-3H3;1H. The van der Waals surface area contributed by atoms with Crippen molar-refractivity contribution < 1.29 is 9.18 Å². The van der Waals surface area contributed by atoms with E-state index < -0.39 is 0 Å². The first-order valence-electron chi connectivity index (χ1n) is 6.29. The van der Waals surface area contributed by atoms with Gasteiger partial charge in [-0.05, 0) is 44.5 Å². The van der Waals surface area contributed by atoms with Gasteiger partial charge in [-0.25, -0.2) is 4.39 Å². The van der Waals surface area contributed by atoms with Gasteiger partial charge in [0.1, 0.15) is 5.82 Å². The van der Waals surface area contributed by atoms with E-state index in [4.69, 9.17) is 0 Å². The van der Waals surface area contributed by atoms with Crippen LogP contribution in [0.1, 0.15) is 29.8 Å². The van der Waals surface area contributed by atoms with Gasteiger partial charge in [-0.1, -0.05) is 0 Å². The minimum absolute atomic E-state index is 0. The van der Waals surface area contributed by atoms with Gasteiger partial charge in [0.15, 0.2) is 0 Å². The molecule has 3 nitrogen and oxygen atoms in total. The number of nitrogens with zero attached hydrogens (tertiary/aromatic N) is 1. The van der Waals surface area contributed by atoms with E-state index in [1.165, 1.54) is 6.07 Å². The number of aryl methyl sites for hydroxylation is 1. The molecule has 1 fully saturated rings. The summed E-state index contributed by atoms with van der Waals surface area (Å²) in [4.78, 5) is 14.2. The molecule has 106 valence electrons. The normalized spacial score (nSPS) is 22.8. The maximum Gasteiger partial charge on any atom is 0.254 e. The zero-order valence-corrected chi connectivity index (χ0v) is 12.3. The van der Waals surface area contributed by atoms with E-state index in [0.29, 0.717) is 23.7 Å². The first kappa shape index (κ1) is 15.9. The molecule has 1 aliphatic rings. The molecule has 1 N–H and O–H groups in total. The average Bonchev–Trinajstić information content (AvgIpc) is 2.35. The van der Waals surface area contributed by atoms with Crippen LogP contribution in [-0.2, 0) is 0 Å². The van der Waals surface area contributed by atoms with E-state index in [1.807, 2.05) is 11.8 Å². The molecule has 0 aliphatic carbocycles. The maximum absolute atomic E-state index is 13.2. The zero-order valence-electron chi connectivity index (χ0n) is 11.4. The summed E-state index contributed by atoms with van der Waals surface area (Å²) in [5.74, 6) is -0.285. The van der Waals surface area contributed by atoms with E-state index in [1.54, 1.807) is 19.1 Å². The maximum atomic E-state index is 13.2. The zero-order chi connectivity index (χ0) is 13.3. The fourth-order valence-electron chi connectivity index (χ4n) is 2.25. The molecule has 0 saturated carbocycles. The van der Waals surface area contributed by atoms with E-state index in [2.05, 4.69) is 12.2 Å². The number of benzene rings is 1. The SMILES string of the molecule is Cc1cc(C(=O)N2CC(C)NCC2C)ccc1F.Cl. The molecule has 0 spiro atoms. The van der Waals surface area contributed by atoms with E-state index >= 15 is 0 Å². The minimum Gasteiger partial charge on any atom is -0.333 e. The highest BCUT2D eigenvalue weighted by Crippen LogP contribution is 2.15. The van der Waals surface area contributed by atoms with Crippen molar-refractivity contribution in [2.24, 2.45) is 0 Å². The van der Waals surface area contributed by atoms with Crippen LogP contribution in [0, 0.1) is 12.7 Å². The van der Waals surface area contributed by atoms with Crippen molar-refractivity contribution in [1.29, 1.82) is 0 Å². The lowest BCUT2D eigenvalue weighted by Gasteiger charge is -2.37. The summed E-state index contributed by atoms with van der Waals surface area (Å²) in [6.07, 6.45) is 0. The lowest BCUT2D eigenvalue weighted by Crippen LogP contribution is -2.56. The summed E-state index contributed by atoms with van der Waals surface area (Å²) >= 11 is 0. The molecule has 2 rings (SSSR count). The molecule has 2 unspecified atom stereocenters. The van der Waals surface area contributed by atoms with E-state index in [0.717, 1.165) is 6.54 Å². The second-order valence-corrected chi connectivity index (χ2v) is 5.08. The summed E-state index contributed by atoms with van der Waals surface area (Å²) in [6, 6.07) is 5.01. The molecule has 19 heavy (non-hydrogen) atoms. The molecule has 1 aromatic rings. The van der Waals surface area contributed by atoms with Crippen molar-refractivity contribution in [2.45, 2.75) is 32.9 Å². The molecule has 5 heteroatoms. The Hall–Kier alpha value is -1.13. The summed E-state index contributed by atoms with van der Waals surface area (Å²) in [6.45, 7) is 7.24. The smallest absolute Gasteiger partial charge is 0.254 e. The minimum atomic E-state index is -0.270. The largest absolute Gasteiger partial charge is 0.333 e. The Morgan fingerprint density at radius 2 is 2.11 bits per heavy atom. The Balaban J connectivity index is 0.00000180. The van der Waals surface area contributed by atoms with Gasteiger partial charge in [-0.3, -0.25) is 4.79 Å². The number of piperazine rings is 1. The van der Waals surface area contributed by atoms with Gasteiger partial charge in [0, 0.05) is 30.7 Å². The Labute approximate surface area is 119 Å². The van der Waals surface area contributed by atoms with Gasteiger partial charge in [-0.15, -0.1) is 12.4 Å². The summed E-state index contributed by atoms with van der Waals surface area (Å²) in [5.41, 5.74) is 1.08. The molecule has 0 aromatic heterocycles. The Morgan fingerprint density at radius 1 is 1.42 bits per heavy atom.